The van der Waals surface area contributed by atoms with E-state index in [1.54, 1.807) is 24.3 Å². The first-order valence-corrected chi connectivity index (χ1v) is 17.5. The summed E-state index contributed by atoms with van der Waals surface area (Å²) in [7, 11) is 0. The molecule has 1 aliphatic carbocycles. The van der Waals surface area contributed by atoms with Crippen LogP contribution in [0.5, 0.6) is 11.5 Å². The van der Waals surface area contributed by atoms with Crippen molar-refractivity contribution in [1.82, 2.24) is 5.32 Å². The molecule has 3 atom stereocenters. The molecule has 4 aromatic carbocycles. The summed E-state index contributed by atoms with van der Waals surface area (Å²) in [5.74, 6) is -1.11. The number of aliphatic hydroxyl groups is 2. The van der Waals surface area contributed by atoms with Gasteiger partial charge in [-0.25, -0.2) is 0 Å². The van der Waals surface area contributed by atoms with Gasteiger partial charge in [0.15, 0.2) is 0 Å². The summed E-state index contributed by atoms with van der Waals surface area (Å²) in [6, 6.07) is 23.2. The molecule has 0 spiro atoms. The molecule has 0 fully saturated rings. The van der Waals surface area contributed by atoms with Crippen molar-refractivity contribution >= 4 is 35.1 Å². The standard InChI is InChI=1S/C40H43Cl2NO8/c1-24-27(21-50-35-13-10-25(18-32(35)41)16-17-39(2,22-44)37(46)47)6-4-7-28(24)29-8-5-9-31-30(29)12-15-34(31)51-36-14-11-26(19-33(36)42)20-43-40(3,23-45)38(48)49/h4-11,13-14,18-19,34,43-45H,12,15-17,20-23H2,1-3H3,(H,46,47)(H,48,49)/t34?,39-,40-/m0/s1. The van der Waals surface area contributed by atoms with Gasteiger partial charge in [-0.1, -0.05) is 71.7 Å². The van der Waals surface area contributed by atoms with E-state index in [0.29, 0.717) is 34.6 Å². The Morgan fingerprint density at radius 3 is 2.20 bits per heavy atom. The van der Waals surface area contributed by atoms with Gasteiger partial charge in [0.1, 0.15) is 29.7 Å². The Kier molecular flexibility index (Phi) is 12.0. The van der Waals surface area contributed by atoms with Gasteiger partial charge in [-0.2, -0.15) is 0 Å². The fourth-order valence-electron chi connectivity index (χ4n) is 6.17. The van der Waals surface area contributed by atoms with Crippen molar-refractivity contribution in [3.8, 4) is 22.6 Å². The zero-order valence-electron chi connectivity index (χ0n) is 28.8. The van der Waals surface area contributed by atoms with Crippen LogP contribution >= 0.6 is 23.2 Å². The Labute approximate surface area is 307 Å². The largest absolute Gasteiger partial charge is 0.487 e. The lowest BCUT2D eigenvalue weighted by Crippen LogP contribution is -2.52. The number of fused-ring (bicyclic) bond motifs is 1. The van der Waals surface area contributed by atoms with Crippen LogP contribution in [-0.2, 0) is 35.6 Å². The second kappa shape index (κ2) is 16.0. The maximum atomic E-state index is 11.5. The monoisotopic (exact) mass is 735 g/mol. The van der Waals surface area contributed by atoms with Gasteiger partial charge in [0, 0.05) is 6.54 Å². The molecule has 0 saturated heterocycles. The highest BCUT2D eigenvalue weighted by Gasteiger charge is 2.33. The van der Waals surface area contributed by atoms with E-state index in [9.17, 15) is 30.0 Å². The number of carboxylic acids is 2. The van der Waals surface area contributed by atoms with Crippen molar-refractivity contribution in [1.29, 1.82) is 0 Å². The SMILES string of the molecule is Cc1c(COc2ccc(CC[C@@](C)(CO)C(=O)O)cc2Cl)cccc1-c1cccc2c1CCC2Oc1ccc(CN[C@@](C)(CO)C(=O)O)cc1Cl. The summed E-state index contributed by atoms with van der Waals surface area (Å²) in [4.78, 5) is 23.0. The summed E-state index contributed by atoms with van der Waals surface area (Å²) in [5, 5.41) is 41.6. The van der Waals surface area contributed by atoms with E-state index in [-0.39, 0.29) is 19.1 Å². The lowest BCUT2D eigenvalue weighted by Gasteiger charge is -2.24. The third kappa shape index (κ3) is 8.51. The van der Waals surface area contributed by atoms with Crippen LogP contribution in [0.15, 0.2) is 72.8 Å². The molecular weight excluding hydrogens is 693 g/mol. The van der Waals surface area contributed by atoms with Crippen molar-refractivity contribution in [2.24, 2.45) is 5.41 Å². The number of aryl methyl sites for hydroxylation is 1. The summed E-state index contributed by atoms with van der Waals surface area (Å²) in [5.41, 5.74) is 5.61. The number of aliphatic hydroxyl groups excluding tert-OH is 2. The summed E-state index contributed by atoms with van der Waals surface area (Å²) in [6.45, 7) is 4.56. The number of ether oxygens (including phenoxy) is 2. The number of halogens is 2. The molecule has 0 aliphatic heterocycles. The maximum absolute atomic E-state index is 11.5. The normalized spacial score (nSPS) is 16.2. The molecule has 270 valence electrons. The van der Waals surface area contributed by atoms with Gasteiger partial charge in [0.05, 0.1) is 28.7 Å². The van der Waals surface area contributed by atoms with Crippen LogP contribution in [0.4, 0.5) is 0 Å². The van der Waals surface area contributed by atoms with Crippen LogP contribution in [0.2, 0.25) is 10.0 Å². The van der Waals surface area contributed by atoms with E-state index in [0.717, 1.165) is 51.8 Å². The summed E-state index contributed by atoms with van der Waals surface area (Å²) in [6.07, 6.45) is 2.16. The lowest BCUT2D eigenvalue weighted by molar-refractivity contribution is -0.150. The van der Waals surface area contributed by atoms with Gasteiger partial charge in [-0.15, -0.1) is 0 Å². The molecule has 5 rings (SSSR count). The predicted molar refractivity (Wildman–Crippen MR) is 197 cm³/mol. The molecule has 11 heteroatoms. The first-order chi connectivity index (χ1) is 24.3. The first kappa shape index (κ1) is 38.1. The minimum atomic E-state index is -1.46. The molecule has 1 unspecified atom stereocenters. The van der Waals surface area contributed by atoms with Crippen LogP contribution < -0.4 is 14.8 Å². The van der Waals surface area contributed by atoms with E-state index < -0.39 is 36.1 Å². The number of carboxylic acid groups (broad SMARTS) is 2. The number of hydrogen-bond donors (Lipinski definition) is 5. The van der Waals surface area contributed by atoms with Gasteiger partial charge in [0.2, 0.25) is 0 Å². The van der Waals surface area contributed by atoms with Gasteiger partial charge in [-0.3, -0.25) is 14.9 Å². The smallest absolute Gasteiger partial charge is 0.326 e. The maximum Gasteiger partial charge on any atom is 0.326 e. The Morgan fingerprint density at radius 2 is 1.53 bits per heavy atom. The number of aliphatic carboxylic acids is 2. The van der Waals surface area contributed by atoms with Crippen molar-refractivity contribution in [3.05, 3.63) is 116 Å². The summed E-state index contributed by atoms with van der Waals surface area (Å²) >= 11 is 13.2. The molecule has 0 amide bonds. The molecule has 9 nitrogen and oxygen atoms in total. The van der Waals surface area contributed by atoms with E-state index in [1.807, 2.05) is 30.3 Å². The van der Waals surface area contributed by atoms with Gasteiger partial charge >= 0.3 is 11.9 Å². The number of benzene rings is 4. The van der Waals surface area contributed by atoms with Crippen molar-refractivity contribution in [2.75, 3.05) is 13.2 Å². The second-order valence-corrected chi connectivity index (χ2v) is 14.4. The average Bonchev–Trinajstić information content (AvgIpc) is 3.53. The molecule has 5 N–H and O–H groups in total. The minimum absolute atomic E-state index is 0.190. The Balaban J connectivity index is 1.27. The molecule has 0 radical (unpaired) electrons. The fourth-order valence-corrected chi connectivity index (χ4v) is 6.67. The topological polar surface area (TPSA) is 146 Å². The highest BCUT2D eigenvalue weighted by Crippen LogP contribution is 2.42. The number of rotatable bonds is 16. The van der Waals surface area contributed by atoms with Crippen molar-refractivity contribution < 1.29 is 39.5 Å². The van der Waals surface area contributed by atoms with Crippen LogP contribution in [-0.4, -0.2) is 51.1 Å². The third-order valence-electron chi connectivity index (χ3n) is 9.90. The van der Waals surface area contributed by atoms with E-state index >= 15 is 0 Å². The molecule has 4 aromatic rings. The van der Waals surface area contributed by atoms with Gasteiger partial charge in [0.25, 0.3) is 0 Å². The van der Waals surface area contributed by atoms with Gasteiger partial charge in [-0.05, 0) is 115 Å². The molecule has 0 saturated carbocycles. The molecular formula is C40H43Cl2NO8. The second-order valence-electron chi connectivity index (χ2n) is 13.6. The number of carbonyl (C=O) groups is 2. The van der Waals surface area contributed by atoms with Crippen molar-refractivity contribution in [2.45, 2.75) is 71.2 Å². The predicted octanol–water partition coefficient (Wildman–Crippen LogP) is 7.56. The average molecular weight is 737 g/mol. The highest BCUT2D eigenvalue weighted by atomic mass is 35.5. The summed E-state index contributed by atoms with van der Waals surface area (Å²) < 4.78 is 12.6. The number of hydrogen-bond acceptors (Lipinski definition) is 7. The zero-order valence-corrected chi connectivity index (χ0v) is 30.4. The fraction of sp³-hybridized carbons (Fsp3) is 0.350. The zero-order chi connectivity index (χ0) is 36.9. The minimum Gasteiger partial charge on any atom is -0.487 e. The third-order valence-corrected chi connectivity index (χ3v) is 10.5. The van der Waals surface area contributed by atoms with E-state index in [4.69, 9.17) is 32.7 Å². The Hall–Kier alpha value is -4.12. The van der Waals surface area contributed by atoms with Crippen LogP contribution in [0.1, 0.15) is 66.2 Å². The number of nitrogens with one attached hydrogen (secondary N) is 1. The molecule has 51 heavy (non-hydrogen) atoms. The first-order valence-electron chi connectivity index (χ1n) is 16.8. The van der Waals surface area contributed by atoms with Crippen LogP contribution in [0.3, 0.4) is 0 Å². The van der Waals surface area contributed by atoms with Crippen LogP contribution in [0.25, 0.3) is 11.1 Å². The van der Waals surface area contributed by atoms with E-state index in [1.165, 1.54) is 19.4 Å². The quantitative estimate of drug-likeness (QED) is 0.0787. The molecule has 1 aliphatic rings. The molecule has 0 bridgehead atoms. The van der Waals surface area contributed by atoms with Crippen molar-refractivity contribution in [3.63, 3.8) is 0 Å². The lowest BCUT2D eigenvalue weighted by atomic mass is 9.85. The highest BCUT2D eigenvalue weighted by molar-refractivity contribution is 6.32. The van der Waals surface area contributed by atoms with Gasteiger partial charge < -0.3 is 29.9 Å². The Bertz CT molecular complexity index is 1920. The van der Waals surface area contributed by atoms with Crippen LogP contribution in [0, 0.1) is 12.3 Å². The van der Waals surface area contributed by atoms with E-state index in [2.05, 4.69) is 30.4 Å². The Morgan fingerprint density at radius 1 is 0.863 bits per heavy atom. The molecule has 0 aromatic heterocycles. The molecule has 0 heterocycles.